The second-order valence-corrected chi connectivity index (χ2v) is 4.45. The zero-order valence-corrected chi connectivity index (χ0v) is 12.2. The minimum absolute atomic E-state index is 0.694. The Morgan fingerprint density at radius 1 is 1.21 bits per heavy atom. The Hall–Kier alpha value is -1.55. The van der Waals surface area contributed by atoms with Crippen LogP contribution < -0.4 is 10.6 Å². The van der Waals surface area contributed by atoms with Crippen LogP contribution in [0.4, 0.5) is 0 Å². The monoisotopic (exact) mass is 263 g/mol. The van der Waals surface area contributed by atoms with Gasteiger partial charge in [0.25, 0.3) is 0 Å². The van der Waals surface area contributed by atoms with E-state index >= 15 is 0 Å². The van der Waals surface area contributed by atoms with Crippen LogP contribution in [-0.4, -0.2) is 32.8 Å². The predicted molar refractivity (Wildman–Crippen MR) is 80.5 cm³/mol. The number of aryl methyl sites for hydroxylation is 1. The summed E-state index contributed by atoms with van der Waals surface area (Å²) in [5.74, 6) is 0.860. The maximum atomic E-state index is 5.02. The third-order valence-electron chi connectivity index (χ3n) is 2.70. The molecule has 0 saturated carbocycles. The molecule has 0 aliphatic carbocycles. The van der Waals surface area contributed by atoms with Crippen molar-refractivity contribution in [3.05, 3.63) is 35.4 Å². The molecule has 19 heavy (non-hydrogen) atoms. The van der Waals surface area contributed by atoms with E-state index in [0.717, 1.165) is 32.1 Å². The Balaban J connectivity index is 2.45. The number of benzene rings is 1. The Morgan fingerprint density at radius 2 is 1.95 bits per heavy atom. The van der Waals surface area contributed by atoms with E-state index in [1.807, 2.05) is 0 Å². The van der Waals surface area contributed by atoms with Gasteiger partial charge in [0, 0.05) is 26.8 Å². The van der Waals surface area contributed by atoms with Gasteiger partial charge in [0.1, 0.15) is 0 Å². The number of nitrogens with one attached hydrogen (secondary N) is 2. The number of guanidine groups is 1. The molecule has 0 spiro atoms. The largest absolute Gasteiger partial charge is 0.385 e. The third-order valence-corrected chi connectivity index (χ3v) is 2.70. The van der Waals surface area contributed by atoms with Crippen LogP contribution >= 0.6 is 0 Å². The summed E-state index contributed by atoms with van der Waals surface area (Å²) in [5, 5.41) is 6.54. The molecule has 0 aliphatic rings. The molecule has 0 atom stereocenters. The van der Waals surface area contributed by atoms with Crippen molar-refractivity contribution < 1.29 is 4.74 Å². The van der Waals surface area contributed by atoms with Crippen molar-refractivity contribution in [1.82, 2.24) is 10.6 Å². The van der Waals surface area contributed by atoms with Crippen LogP contribution in [0.3, 0.4) is 0 Å². The zero-order valence-electron chi connectivity index (χ0n) is 12.2. The topological polar surface area (TPSA) is 45.7 Å². The average Bonchev–Trinajstić information content (AvgIpc) is 2.42. The van der Waals surface area contributed by atoms with E-state index in [2.05, 4.69) is 53.7 Å². The minimum atomic E-state index is 0.694. The summed E-state index contributed by atoms with van der Waals surface area (Å²) < 4.78 is 5.02. The van der Waals surface area contributed by atoms with E-state index in [4.69, 9.17) is 4.74 Å². The second-order valence-electron chi connectivity index (χ2n) is 4.45. The van der Waals surface area contributed by atoms with Crippen LogP contribution in [0.5, 0.6) is 0 Å². The highest BCUT2D eigenvalue weighted by atomic mass is 16.5. The molecule has 0 bridgehead atoms. The number of nitrogens with zero attached hydrogens (tertiary/aromatic N) is 1. The van der Waals surface area contributed by atoms with Crippen LogP contribution in [0.2, 0.25) is 0 Å². The maximum absolute atomic E-state index is 5.02. The smallest absolute Gasteiger partial charge is 0.191 e. The lowest BCUT2D eigenvalue weighted by Crippen LogP contribution is -2.38. The summed E-state index contributed by atoms with van der Waals surface area (Å²) in [4.78, 5) is 4.56. The number of hydrogen-bond acceptors (Lipinski definition) is 2. The molecule has 0 fully saturated rings. The van der Waals surface area contributed by atoms with Crippen molar-refractivity contribution in [1.29, 1.82) is 0 Å². The van der Waals surface area contributed by atoms with Gasteiger partial charge in [-0.2, -0.15) is 0 Å². The average molecular weight is 263 g/mol. The van der Waals surface area contributed by atoms with Gasteiger partial charge in [0.2, 0.25) is 0 Å². The first-order chi connectivity index (χ1) is 9.26. The van der Waals surface area contributed by atoms with Crippen LogP contribution in [0.15, 0.2) is 29.3 Å². The Morgan fingerprint density at radius 3 is 2.58 bits per heavy atom. The number of ether oxygens (including phenoxy) is 1. The first-order valence-corrected chi connectivity index (χ1v) is 6.83. The summed E-state index contributed by atoms with van der Waals surface area (Å²) in [6.07, 6.45) is 0.978. The van der Waals surface area contributed by atoms with E-state index in [1.54, 1.807) is 7.11 Å². The van der Waals surface area contributed by atoms with Crippen LogP contribution in [0, 0.1) is 6.92 Å². The Labute approximate surface area is 116 Å². The summed E-state index contributed by atoms with van der Waals surface area (Å²) >= 11 is 0. The predicted octanol–water partition coefficient (Wildman–Crippen LogP) is 2.09. The molecule has 2 N–H and O–H groups in total. The highest BCUT2D eigenvalue weighted by Crippen LogP contribution is 2.04. The molecular weight excluding hydrogens is 238 g/mol. The molecular formula is C15H25N3O. The number of hydrogen-bond donors (Lipinski definition) is 2. The van der Waals surface area contributed by atoms with Gasteiger partial charge in [-0.15, -0.1) is 0 Å². The highest BCUT2D eigenvalue weighted by Gasteiger charge is 1.97. The molecule has 1 aromatic rings. The standard InChI is InChI=1S/C15H25N3O/c1-4-16-15(17-10-5-11-19-3)18-12-14-8-6-13(2)7-9-14/h6-9H,4-5,10-12H2,1-3H3,(H2,16,17,18). The fourth-order valence-corrected chi connectivity index (χ4v) is 1.63. The van der Waals surface area contributed by atoms with Gasteiger partial charge >= 0.3 is 0 Å². The number of aliphatic imine (C=N–C) groups is 1. The Bertz CT molecular complexity index is 373. The van der Waals surface area contributed by atoms with Crippen molar-refractivity contribution in [3.8, 4) is 0 Å². The molecule has 106 valence electrons. The van der Waals surface area contributed by atoms with Crippen LogP contribution in [0.1, 0.15) is 24.5 Å². The molecule has 1 aromatic carbocycles. The number of rotatable bonds is 7. The van der Waals surface area contributed by atoms with Crippen molar-refractivity contribution in [2.45, 2.75) is 26.8 Å². The van der Waals surface area contributed by atoms with E-state index in [-0.39, 0.29) is 0 Å². The van der Waals surface area contributed by atoms with E-state index in [0.29, 0.717) is 6.54 Å². The molecule has 0 aliphatic heterocycles. The maximum Gasteiger partial charge on any atom is 0.191 e. The molecule has 4 heteroatoms. The van der Waals surface area contributed by atoms with Gasteiger partial charge in [0.15, 0.2) is 5.96 Å². The highest BCUT2D eigenvalue weighted by molar-refractivity contribution is 5.79. The first kappa shape index (κ1) is 15.5. The summed E-state index contributed by atoms with van der Waals surface area (Å²) in [5.41, 5.74) is 2.50. The Kier molecular flexibility index (Phi) is 7.66. The second kappa shape index (κ2) is 9.39. The van der Waals surface area contributed by atoms with Crippen LogP contribution in [-0.2, 0) is 11.3 Å². The molecule has 0 aromatic heterocycles. The van der Waals surface area contributed by atoms with Gasteiger partial charge < -0.3 is 15.4 Å². The summed E-state index contributed by atoms with van der Waals surface area (Å²) in [6, 6.07) is 8.47. The van der Waals surface area contributed by atoms with Crippen molar-refractivity contribution in [2.24, 2.45) is 4.99 Å². The number of methoxy groups -OCH3 is 1. The molecule has 0 radical (unpaired) electrons. The quantitative estimate of drug-likeness (QED) is 0.450. The lowest BCUT2D eigenvalue weighted by molar-refractivity contribution is 0.195. The molecule has 0 saturated heterocycles. The SMILES string of the molecule is CCNC(=NCc1ccc(C)cc1)NCCCOC. The third kappa shape index (κ3) is 6.82. The molecule has 0 unspecified atom stereocenters. The van der Waals surface area contributed by atoms with Gasteiger partial charge in [-0.1, -0.05) is 29.8 Å². The lowest BCUT2D eigenvalue weighted by atomic mass is 10.1. The van der Waals surface area contributed by atoms with Gasteiger partial charge in [-0.3, -0.25) is 0 Å². The molecule has 0 amide bonds. The van der Waals surface area contributed by atoms with Crippen molar-refractivity contribution >= 4 is 5.96 Å². The molecule has 4 nitrogen and oxygen atoms in total. The minimum Gasteiger partial charge on any atom is -0.385 e. The fourth-order valence-electron chi connectivity index (χ4n) is 1.63. The van der Waals surface area contributed by atoms with Gasteiger partial charge in [-0.25, -0.2) is 4.99 Å². The lowest BCUT2D eigenvalue weighted by Gasteiger charge is -2.11. The normalized spacial score (nSPS) is 11.4. The van der Waals surface area contributed by atoms with E-state index < -0.39 is 0 Å². The summed E-state index contributed by atoms with van der Waals surface area (Å²) in [6.45, 7) is 7.36. The van der Waals surface area contributed by atoms with Crippen LogP contribution in [0.25, 0.3) is 0 Å². The first-order valence-electron chi connectivity index (χ1n) is 6.83. The van der Waals surface area contributed by atoms with Crippen molar-refractivity contribution in [3.63, 3.8) is 0 Å². The van der Waals surface area contributed by atoms with Gasteiger partial charge in [-0.05, 0) is 25.8 Å². The zero-order chi connectivity index (χ0) is 13.9. The summed E-state index contributed by atoms with van der Waals surface area (Å²) in [7, 11) is 1.72. The molecule has 1 rings (SSSR count). The van der Waals surface area contributed by atoms with Crippen molar-refractivity contribution in [2.75, 3.05) is 26.8 Å². The van der Waals surface area contributed by atoms with E-state index in [9.17, 15) is 0 Å². The molecule has 0 heterocycles. The van der Waals surface area contributed by atoms with E-state index in [1.165, 1.54) is 11.1 Å². The fraction of sp³-hybridized carbons (Fsp3) is 0.533. The van der Waals surface area contributed by atoms with Gasteiger partial charge in [0.05, 0.1) is 6.54 Å².